The van der Waals surface area contributed by atoms with Crippen molar-refractivity contribution in [3.8, 4) is 5.40 Å². The Hall–Kier alpha value is -2.64. The molecule has 2 heterocycles. The summed E-state index contributed by atoms with van der Waals surface area (Å²) in [4.78, 5) is 10.5. The molecule has 4 N–H and O–H groups in total. The summed E-state index contributed by atoms with van der Waals surface area (Å²) in [6, 6.07) is 7.65. The molecule has 10 heteroatoms. The van der Waals surface area contributed by atoms with Gasteiger partial charge in [-0.05, 0) is 23.4 Å². The van der Waals surface area contributed by atoms with Crippen molar-refractivity contribution in [3.05, 3.63) is 29.8 Å². The molecule has 3 rings (SSSR count). The van der Waals surface area contributed by atoms with E-state index in [4.69, 9.17) is 21.8 Å². The van der Waals surface area contributed by atoms with Crippen LogP contribution in [-0.4, -0.2) is 47.1 Å². The van der Waals surface area contributed by atoms with Gasteiger partial charge in [0, 0.05) is 29.8 Å². The average molecular weight is 434 g/mol. The summed E-state index contributed by atoms with van der Waals surface area (Å²) in [5.74, 6) is -2.42. The summed E-state index contributed by atoms with van der Waals surface area (Å²) in [7, 11) is 0. The molecule has 0 bridgehead atoms. The van der Waals surface area contributed by atoms with E-state index in [1.807, 2.05) is 50.4 Å². The van der Waals surface area contributed by atoms with Crippen molar-refractivity contribution in [2.24, 2.45) is 21.1 Å². The van der Waals surface area contributed by atoms with Crippen LogP contribution < -0.4 is 5.73 Å². The number of nitriles is 1. The summed E-state index contributed by atoms with van der Waals surface area (Å²) in [5, 5.41) is 25.9. The maximum Gasteiger partial charge on any atom is 0.266 e. The number of hydrogen-bond acceptors (Lipinski definition) is 7. The fourth-order valence-electron chi connectivity index (χ4n) is 2.75. The van der Waals surface area contributed by atoms with Crippen LogP contribution in [0.15, 0.2) is 39.1 Å². The van der Waals surface area contributed by atoms with Crippen LogP contribution in [0.2, 0.25) is 0 Å². The second kappa shape index (κ2) is 9.45. The number of amidine groups is 3. The van der Waals surface area contributed by atoms with E-state index in [9.17, 15) is 8.78 Å². The molecule has 0 radical (unpaired) electrons. The minimum Gasteiger partial charge on any atom is -0.348 e. The number of rotatable bonds is 2. The van der Waals surface area contributed by atoms with Crippen LogP contribution in [-0.2, 0) is 6.54 Å². The van der Waals surface area contributed by atoms with Crippen LogP contribution >= 0.6 is 11.8 Å². The van der Waals surface area contributed by atoms with Crippen molar-refractivity contribution in [2.45, 2.75) is 44.6 Å². The summed E-state index contributed by atoms with van der Waals surface area (Å²) >= 11 is 1.15. The summed E-state index contributed by atoms with van der Waals surface area (Å²) in [6.07, 6.45) is -0.241. The molecule has 160 valence electrons. The van der Waals surface area contributed by atoms with Crippen molar-refractivity contribution in [3.63, 3.8) is 0 Å². The second-order valence-corrected chi connectivity index (χ2v) is 8.70. The predicted octanol–water partition coefficient (Wildman–Crippen LogP) is 3.90. The lowest BCUT2D eigenvalue weighted by Crippen LogP contribution is -2.43. The molecule has 1 aromatic rings. The van der Waals surface area contributed by atoms with Crippen molar-refractivity contribution in [2.75, 3.05) is 13.1 Å². The van der Waals surface area contributed by atoms with Gasteiger partial charge in [0.2, 0.25) is 0 Å². The Balaban J connectivity index is 0.000000248. The molecule has 0 aliphatic carbocycles. The third-order valence-corrected chi connectivity index (χ3v) is 5.09. The zero-order valence-electron chi connectivity index (χ0n) is 17.2. The minimum atomic E-state index is -2.75. The quantitative estimate of drug-likeness (QED) is 0.483. The number of benzene rings is 1. The molecule has 7 nitrogen and oxygen atoms in total. The van der Waals surface area contributed by atoms with Crippen LogP contribution in [0.4, 0.5) is 8.78 Å². The number of nitrogens with zero attached hydrogens (tertiary/aromatic N) is 4. The van der Waals surface area contributed by atoms with Crippen molar-refractivity contribution < 1.29 is 8.78 Å². The number of aliphatic imine (C=N–C) groups is 2. The number of halogens is 2. The molecule has 30 heavy (non-hydrogen) atoms. The predicted molar refractivity (Wildman–Crippen MR) is 117 cm³/mol. The second-order valence-electron chi connectivity index (χ2n) is 7.88. The van der Waals surface area contributed by atoms with Gasteiger partial charge in [-0.3, -0.25) is 10.8 Å². The van der Waals surface area contributed by atoms with Crippen molar-refractivity contribution in [1.82, 2.24) is 4.90 Å². The van der Waals surface area contributed by atoms with Gasteiger partial charge < -0.3 is 10.6 Å². The van der Waals surface area contributed by atoms with E-state index < -0.39 is 12.5 Å². The fraction of sp³-hybridized carbons (Fsp3) is 0.450. The number of hydrogen-bond donors (Lipinski definition) is 3. The zero-order valence-corrected chi connectivity index (χ0v) is 18.0. The molecule has 0 aromatic heterocycles. The van der Waals surface area contributed by atoms with Gasteiger partial charge in [0.25, 0.3) is 5.92 Å². The number of alkyl halides is 2. The molecular formula is C20H25F2N7S. The molecule has 2 aliphatic heterocycles. The van der Waals surface area contributed by atoms with Gasteiger partial charge in [-0.2, -0.15) is 5.26 Å². The highest BCUT2D eigenvalue weighted by Crippen LogP contribution is 2.28. The Morgan fingerprint density at radius 2 is 1.93 bits per heavy atom. The molecular weight excluding hydrogens is 408 g/mol. The minimum absolute atomic E-state index is 0.141. The summed E-state index contributed by atoms with van der Waals surface area (Å²) in [5.41, 5.74) is 5.91. The van der Waals surface area contributed by atoms with Gasteiger partial charge in [-0.15, -0.1) is 0 Å². The first-order valence-electron chi connectivity index (χ1n) is 9.31. The molecule has 0 amide bonds. The van der Waals surface area contributed by atoms with Crippen LogP contribution in [0.25, 0.3) is 0 Å². The van der Waals surface area contributed by atoms with Crippen molar-refractivity contribution in [1.29, 1.82) is 16.1 Å². The van der Waals surface area contributed by atoms with E-state index >= 15 is 0 Å². The number of thiocyanates is 1. The van der Waals surface area contributed by atoms with E-state index in [1.165, 1.54) is 4.90 Å². The highest BCUT2D eigenvalue weighted by molar-refractivity contribution is 8.03. The fourth-order valence-corrected chi connectivity index (χ4v) is 3.28. The molecule has 1 fully saturated rings. The Morgan fingerprint density at radius 1 is 1.27 bits per heavy atom. The van der Waals surface area contributed by atoms with E-state index in [0.29, 0.717) is 12.4 Å². The van der Waals surface area contributed by atoms with Gasteiger partial charge in [0.05, 0.1) is 6.54 Å². The van der Waals surface area contributed by atoms with Gasteiger partial charge in [-0.1, -0.05) is 39.0 Å². The summed E-state index contributed by atoms with van der Waals surface area (Å²) in [6.45, 7) is 5.85. The molecule has 1 saturated heterocycles. The first-order chi connectivity index (χ1) is 14.0. The lowest BCUT2D eigenvalue weighted by molar-refractivity contribution is 0.0177. The van der Waals surface area contributed by atoms with E-state index in [0.717, 1.165) is 22.2 Å². The standard InChI is InChI=1S/C12H17F2N5.C8H8N2S/c1-11(2,3)10-17-8(16)7(15)9(18-10)19-5-4-12(13,14)6-19;9-5-7-3-1-2-4-8(7)11-6-10/h15-16H,4-6H2,1-3H3;1-4H,5,9H2. The molecule has 2 aliphatic rings. The van der Waals surface area contributed by atoms with Crippen LogP contribution in [0.1, 0.15) is 32.8 Å². The Bertz CT molecular complexity index is 926. The largest absolute Gasteiger partial charge is 0.348 e. The molecule has 0 spiro atoms. The van der Waals surface area contributed by atoms with Gasteiger partial charge in [0.1, 0.15) is 16.9 Å². The summed E-state index contributed by atoms with van der Waals surface area (Å²) < 4.78 is 26.5. The SMILES string of the molecule is CC(C)(C)C1=NC(=N)C(=N)C(N2CCC(F)(F)C2)=N1.N#CSc1ccccc1CN. The average Bonchev–Trinajstić information content (AvgIpc) is 3.04. The first-order valence-corrected chi connectivity index (χ1v) is 10.1. The maximum absolute atomic E-state index is 13.3. The third kappa shape index (κ3) is 5.93. The number of nitrogens with one attached hydrogen (secondary N) is 2. The van der Waals surface area contributed by atoms with E-state index in [1.54, 1.807) is 0 Å². The van der Waals surface area contributed by atoms with E-state index in [-0.39, 0.29) is 35.8 Å². The molecule has 0 saturated carbocycles. The first kappa shape index (κ1) is 23.6. The monoisotopic (exact) mass is 433 g/mol. The van der Waals surface area contributed by atoms with Crippen LogP contribution in [0.3, 0.4) is 0 Å². The molecule has 0 atom stereocenters. The normalized spacial score (nSPS) is 18.2. The number of thioether (sulfide) groups is 1. The van der Waals surface area contributed by atoms with Crippen molar-refractivity contribution >= 4 is 35.0 Å². The van der Waals surface area contributed by atoms with Crippen LogP contribution in [0.5, 0.6) is 0 Å². The smallest absolute Gasteiger partial charge is 0.266 e. The van der Waals surface area contributed by atoms with Gasteiger partial charge in [0.15, 0.2) is 11.7 Å². The topological polar surface area (TPSA) is 125 Å². The number of likely N-dealkylation sites (tertiary alicyclic amines) is 1. The highest BCUT2D eigenvalue weighted by atomic mass is 32.2. The third-order valence-electron chi connectivity index (χ3n) is 4.38. The molecule has 1 aromatic carbocycles. The van der Waals surface area contributed by atoms with Gasteiger partial charge >= 0.3 is 0 Å². The molecule has 0 unspecified atom stereocenters. The maximum atomic E-state index is 13.3. The van der Waals surface area contributed by atoms with E-state index in [2.05, 4.69) is 9.98 Å². The highest BCUT2D eigenvalue weighted by Gasteiger charge is 2.41. The Morgan fingerprint density at radius 3 is 2.47 bits per heavy atom. The lowest BCUT2D eigenvalue weighted by atomic mass is 9.94. The Labute approximate surface area is 179 Å². The number of nitrogens with two attached hydrogens (primary N) is 1. The Kier molecular flexibility index (Phi) is 7.44. The zero-order chi connectivity index (χ0) is 22.5. The lowest BCUT2D eigenvalue weighted by Gasteiger charge is -2.27. The van der Waals surface area contributed by atoms with Gasteiger partial charge in [-0.25, -0.2) is 18.8 Å². The van der Waals surface area contributed by atoms with Crippen LogP contribution in [0, 0.1) is 26.9 Å².